The second kappa shape index (κ2) is 7.48. The summed E-state index contributed by atoms with van der Waals surface area (Å²) in [6.45, 7) is 2.36. The van der Waals surface area contributed by atoms with Crippen molar-refractivity contribution in [2.75, 3.05) is 5.32 Å². The van der Waals surface area contributed by atoms with Gasteiger partial charge in [0.2, 0.25) is 0 Å². The summed E-state index contributed by atoms with van der Waals surface area (Å²) in [5.74, 6) is -0.431. The van der Waals surface area contributed by atoms with Crippen molar-refractivity contribution in [3.05, 3.63) is 106 Å². The van der Waals surface area contributed by atoms with E-state index in [2.05, 4.69) is 10.3 Å². The predicted molar refractivity (Wildman–Crippen MR) is 111 cm³/mol. The number of pyridine rings is 2. The Bertz CT molecular complexity index is 1200. The fourth-order valence-corrected chi connectivity index (χ4v) is 3.11. The first-order valence-electron chi connectivity index (χ1n) is 9.02. The van der Waals surface area contributed by atoms with Gasteiger partial charge in [0.15, 0.2) is 0 Å². The van der Waals surface area contributed by atoms with E-state index in [1.165, 1.54) is 0 Å². The zero-order valence-corrected chi connectivity index (χ0v) is 15.4. The third-order valence-corrected chi connectivity index (χ3v) is 4.59. The largest absolute Gasteiger partial charge is 0.322 e. The van der Waals surface area contributed by atoms with Crippen LogP contribution in [0.4, 0.5) is 5.69 Å². The smallest absolute Gasteiger partial charge is 0.265 e. The number of amides is 1. The van der Waals surface area contributed by atoms with Crippen LogP contribution in [-0.2, 0) is 6.54 Å². The van der Waals surface area contributed by atoms with Gasteiger partial charge in [-0.1, -0.05) is 48.0 Å². The van der Waals surface area contributed by atoms with Crippen LogP contribution in [0.5, 0.6) is 0 Å². The maximum atomic E-state index is 13.1. The molecule has 138 valence electrons. The van der Waals surface area contributed by atoms with E-state index in [4.69, 9.17) is 0 Å². The highest BCUT2D eigenvalue weighted by atomic mass is 16.2. The minimum Gasteiger partial charge on any atom is -0.322 e. The standard InChI is InChI=1S/C23H19N3O2/c1-16-9-11-17(12-10-16)15-26-21-18(6-5-13-24-21)14-20(23(26)28)22(27)25-19-7-3-2-4-8-19/h2-14H,15H2,1H3,(H,25,27). The molecular weight excluding hydrogens is 350 g/mol. The highest BCUT2D eigenvalue weighted by Gasteiger charge is 2.16. The predicted octanol–water partition coefficient (Wildman–Crippen LogP) is 4.01. The Balaban J connectivity index is 1.79. The molecular formula is C23H19N3O2. The van der Waals surface area contributed by atoms with Gasteiger partial charge < -0.3 is 5.32 Å². The first-order chi connectivity index (χ1) is 13.6. The summed E-state index contributed by atoms with van der Waals surface area (Å²) in [5.41, 5.74) is 3.06. The lowest BCUT2D eigenvalue weighted by Gasteiger charge is -2.13. The molecule has 0 unspecified atom stereocenters. The molecule has 0 aliphatic heterocycles. The molecule has 0 aliphatic rings. The Morgan fingerprint density at radius 2 is 1.75 bits per heavy atom. The lowest BCUT2D eigenvalue weighted by molar-refractivity contribution is 0.102. The third-order valence-electron chi connectivity index (χ3n) is 4.59. The highest BCUT2D eigenvalue weighted by molar-refractivity contribution is 6.05. The molecule has 4 rings (SSSR count). The van der Waals surface area contributed by atoms with Crippen molar-refractivity contribution >= 4 is 22.6 Å². The topological polar surface area (TPSA) is 64.0 Å². The van der Waals surface area contributed by atoms with Crippen molar-refractivity contribution in [1.29, 1.82) is 0 Å². The average molecular weight is 369 g/mol. The normalized spacial score (nSPS) is 10.8. The molecule has 0 aliphatic carbocycles. The molecule has 0 spiro atoms. The van der Waals surface area contributed by atoms with Crippen LogP contribution in [0.1, 0.15) is 21.5 Å². The Hall–Kier alpha value is -3.73. The van der Waals surface area contributed by atoms with Gasteiger partial charge in [0.25, 0.3) is 11.5 Å². The van der Waals surface area contributed by atoms with Crippen molar-refractivity contribution in [2.24, 2.45) is 0 Å². The summed E-state index contributed by atoms with van der Waals surface area (Å²) < 4.78 is 1.56. The van der Waals surface area contributed by atoms with Crippen LogP contribution >= 0.6 is 0 Å². The van der Waals surface area contributed by atoms with Crippen molar-refractivity contribution in [2.45, 2.75) is 13.5 Å². The Morgan fingerprint density at radius 1 is 1.00 bits per heavy atom. The van der Waals surface area contributed by atoms with E-state index in [-0.39, 0.29) is 11.1 Å². The molecule has 2 aromatic carbocycles. The van der Waals surface area contributed by atoms with Crippen LogP contribution in [0.25, 0.3) is 11.0 Å². The Kier molecular flexibility index (Phi) is 4.72. The molecule has 1 N–H and O–H groups in total. The summed E-state index contributed by atoms with van der Waals surface area (Å²) in [6.07, 6.45) is 1.65. The maximum absolute atomic E-state index is 13.1. The summed E-state index contributed by atoms with van der Waals surface area (Å²) in [4.78, 5) is 30.3. The van der Waals surface area contributed by atoms with Gasteiger partial charge in [-0.05, 0) is 42.8 Å². The maximum Gasteiger partial charge on any atom is 0.265 e. The number of carbonyl (C=O) groups is 1. The molecule has 28 heavy (non-hydrogen) atoms. The summed E-state index contributed by atoms with van der Waals surface area (Å²) in [7, 11) is 0. The lowest BCUT2D eigenvalue weighted by Crippen LogP contribution is -2.30. The van der Waals surface area contributed by atoms with Crippen LogP contribution < -0.4 is 10.9 Å². The zero-order valence-electron chi connectivity index (χ0n) is 15.4. The number of aryl methyl sites for hydroxylation is 1. The van der Waals surface area contributed by atoms with Crippen LogP contribution in [0.15, 0.2) is 83.8 Å². The van der Waals surface area contributed by atoms with E-state index < -0.39 is 5.91 Å². The van der Waals surface area contributed by atoms with Crippen LogP contribution in [0, 0.1) is 6.92 Å². The molecule has 2 aromatic heterocycles. The van der Waals surface area contributed by atoms with E-state index in [9.17, 15) is 9.59 Å². The quantitative estimate of drug-likeness (QED) is 0.591. The molecule has 1 amide bonds. The number of carbonyl (C=O) groups excluding carboxylic acids is 1. The fourth-order valence-electron chi connectivity index (χ4n) is 3.11. The molecule has 0 fully saturated rings. The van der Waals surface area contributed by atoms with Gasteiger partial charge in [0.05, 0.1) is 6.54 Å². The number of anilines is 1. The summed E-state index contributed by atoms with van der Waals surface area (Å²) in [5, 5.41) is 3.53. The number of nitrogens with zero attached hydrogens (tertiary/aromatic N) is 2. The number of rotatable bonds is 4. The zero-order chi connectivity index (χ0) is 19.5. The second-order valence-electron chi connectivity index (χ2n) is 6.67. The molecule has 0 saturated carbocycles. The molecule has 0 radical (unpaired) electrons. The Labute approximate surface area is 162 Å². The number of hydrogen-bond acceptors (Lipinski definition) is 3. The second-order valence-corrected chi connectivity index (χ2v) is 6.67. The van der Waals surface area contributed by atoms with Crippen LogP contribution in [0.3, 0.4) is 0 Å². The summed E-state index contributed by atoms with van der Waals surface area (Å²) in [6, 6.07) is 22.3. The molecule has 0 bridgehead atoms. The molecule has 0 saturated heterocycles. The van der Waals surface area contributed by atoms with Gasteiger partial charge in [0, 0.05) is 17.3 Å². The average Bonchev–Trinajstić information content (AvgIpc) is 2.72. The van der Waals surface area contributed by atoms with Gasteiger partial charge in [0.1, 0.15) is 11.2 Å². The van der Waals surface area contributed by atoms with Crippen molar-refractivity contribution < 1.29 is 4.79 Å². The number of hydrogen-bond donors (Lipinski definition) is 1. The first-order valence-corrected chi connectivity index (χ1v) is 9.02. The minimum absolute atomic E-state index is 0.0939. The van der Waals surface area contributed by atoms with Gasteiger partial charge in [-0.3, -0.25) is 14.2 Å². The van der Waals surface area contributed by atoms with E-state index in [1.54, 1.807) is 35.0 Å². The number of para-hydroxylation sites is 1. The molecule has 4 aromatic rings. The number of nitrogens with one attached hydrogen (secondary N) is 1. The molecule has 0 atom stereocenters. The lowest BCUT2D eigenvalue weighted by atomic mass is 10.1. The molecule has 5 nitrogen and oxygen atoms in total. The van der Waals surface area contributed by atoms with Gasteiger partial charge in [-0.25, -0.2) is 4.98 Å². The van der Waals surface area contributed by atoms with Gasteiger partial charge in [-0.15, -0.1) is 0 Å². The van der Waals surface area contributed by atoms with E-state index in [0.717, 1.165) is 16.5 Å². The van der Waals surface area contributed by atoms with Crippen LogP contribution in [-0.4, -0.2) is 15.5 Å². The van der Waals surface area contributed by atoms with Crippen molar-refractivity contribution in [1.82, 2.24) is 9.55 Å². The minimum atomic E-state index is -0.431. The highest BCUT2D eigenvalue weighted by Crippen LogP contribution is 2.15. The summed E-state index contributed by atoms with van der Waals surface area (Å²) >= 11 is 0. The van der Waals surface area contributed by atoms with Crippen LogP contribution in [0.2, 0.25) is 0 Å². The van der Waals surface area contributed by atoms with E-state index in [1.807, 2.05) is 55.5 Å². The fraction of sp³-hybridized carbons (Fsp3) is 0.0870. The number of aromatic nitrogens is 2. The number of fused-ring (bicyclic) bond motifs is 1. The van der Waals surface area contributed by atoms with E-state index in [0.29, 0.717) is 17.9 Å². The van der Waals surface area contributed by atoms with Crippen molar-refractivity contribution in [3.63, 3.8) is 0 Å². The SMILES string of the molecule is Cc1ccc(Cn2c(=O)c(C(=O)Nc3ccccc3)cc3cccnc32)cc1. The first kappa shape index (κ1) is 17.7. The van der Waals surface area contributed by atoms with Crippen molar-refractivity contribution in [3.8, 4) is 0 Å². The number of benzene rings is 2. The third kappa shape index (κ3) is 3.55. The van der Waals surface area contributed by atoms with Gasteiger partial charge in [-0.2, -0.15) is 0 Å². The van der Waals surface area contributed by atoms with Gasteiger partial charge >= 0.3 is 0 Å². The monoisotopic (exact) mass is 369 g/mol. The molecule has 5 heteroatoms. The Morgan fingerprint density at radius 3 is 2.50 bits per heavy atom. The molecule has 2 heterocycles. The van der Waals surface area contributed by atoms with E-state index >= 15 is 0 Å².